The van der Waals surface area contributed by atoms with E-state index in [1.807, 2.05) is 0 Å². The van der Waals surface area contributed by atoms with Gasteiger partial charge in [0.15, 0.2) is 5.65 Å². The lowest BCUT2D eigenvalue weighted by atomic mass is 10.2. The molecule has 0 saturated heterocycles. The third-order valence-corrected chi connectivity index (χ3v) is 2.66. The quantitative estimate of drug-likeness (QED) is 0.706. The van der Waals surface area contributed by atoms with Gasteiger partial charge in [0.1, 0.15) is 0 Å². The van der Waals surface area contributed by atoms with Gasteiger partial charge in [-0.3, -0.25) is 4.68 Å². The number of hydrogen-bond donors (Lipinski definition) is 0. The first kappa shape index (κ1) is 11.7. The van der Waals surface area contributed by atoms with E-state index in [1.54, 1.807) is 36.3 Å². The van der Waals surface area contributed by atoms with Gasteiger partial charge in [-0.25, -0.2) is 0 Å². The fourth-order valence-electron chi connectivity index (χ4n) is 1.77. The first-order valence-corrected chi connectivity index (χ1v) is 5.55. The van der Waals surface area contributed by atoms with Crippen LogP contribution in [-0.2, 0) is 13.0 Å². The molecule has 8 heteroatoms. The van der Waals surface area contributed by atoms with Crippen LogP contribution >= 0.6 is 0 Å². The fourth-order valence-corrected chi connectivity index (χ4v) is 1.77. The highest BCUT2D eigenvalue weighted by atomic mass is 19.3. The van der Waals surface area contributed by atoms with Crippen molar-refractivity contribution in [2.24, 2.45) is 7.05 Å². The van der Waals surface area contributed by atoms with Gasteiger partial charge in [0.25, 0.3) is 0 Å². The Morgan fingerprint density at radius 2 is 2.00 bits per heavy atom. The maximum atomic E-state index is 13.4. The topological polar surface area (TPSA) is 60.9 Å². The summed E-state index contributed by atoms with van der Waals surface area (Å²) in [4.78, 5) is 0. The van der Waals surface area contributed by atoms with Gasteiger partial charge in [0, 0.05) is 25.7 Å². The highest BCUT2D eigenvalue weighted by Crippen LogP contribution is 2.25. The Labute approximate surface area is 106 Å². The molecule has 3 aromatic rings. The first-order chi connectivity index (χ1) is 8.95. The van der Waals surface area contributed by atoms with Crippen LogP contribution in [0.25, 0.3) is 16.9 Å². The molecule has 0 aliphatic heterocycles. The van der Waals surface area contributed by atoms with Gasteiger partial charge in [-0.1, -0.05) is 0 Å². The van der Waals surface area contributed by atoms with Crippen molar-refractivity contribution in [2.75, 3.05) is 0 Å². The maximum absolute atomic E-state index is 13.4. The average Bonchev–Trinajstić information content (AvgIpc) is 2.92. The molecule has 0 aliphatic rings. The van der Waals surface area contributed by atoms with E-state index in [1.165, 1.54) is 0 Å². The van der Waals surface area contributed by atoms with E-state index in [0.717, 1.165) is 17.0 Å². The normalized spacial score (nSPS) is 12.2. The monoisotopic (exact) mass is 264 g/mol. The Bertz CT molecular complexity index is 739. The number of rotatable bonds is 2. The Morgan fingerprint density at radius 1 is 1.21 bits per heavy atom. The van der Waals surface area contributed by atoms with E-state index in [-0.39, 0.29) is 5.65 Å². The van der Waals surface area contributed by atoms with Gasteiger partial charge >= 0.3 is 5.92 Å². The van der Waals surface area contributed by atoms with Crippen LogP contribution in [0.5, 0.6) is 0 Å². The van der Waals surface area contributed by atoms with E-state index in [2.05, 4.69) is 20.4 Å². The summed E-state index contributed by atoms with van der Waals surface area (Å²) in [5.74, 6) is -3.58. The minimum absolute atomic E-state index is 0.282. The van der Waals surface area contributed by atoms with Crippen molar-refractivity contribution in [3.8, 4) is 11.3 Å². The Hall–Kier alpha value is -2.38. The maximum Gasteiger partial charge on any atom is 0.305 e. The Morgan fingerprint density at radius 3 is 2.63 bits per heavy atom. The molecule has 0 atom stereocenters. The molecule has 0 bridgehead atoms. The number of hydrogen-bond acceptors (Lipinski definition) is 4. The molecule has 0 spiro atoms. The minimum atomic E-state index is -3.10. The zero-order valence-corrected chi connectivity index (χ0v) is 10.2. The van der Waals surface area contributed by atoms with Gasteiger partial charge in [0.05, 0.1) is 11.9 Å². The number of aryl methyl sites for hydroxylation is 1. The van der Waals surface area contributed by atoms with Gasteiger partial charge in [-0.05, 0) is 12.1 Å². The van der Waals surface area contributed by atoms with Crippen LogP contribution in [0.4, 0.5) is 8.78 Å². The van der Waals surface area contributed by atoms with Gasteiger partial charge < -0.3 is 0 Å². The zero-order valence-electron chi connectivity index (χ0n) is 10.2. The van der Waals surface area contributed by atoms with E-state index in [4.69, 9.17) is 0 Å². The zero-order chi connectivity index (χ0) is 13.6. The molecule has 0 unspecified atom stereocenters. The number of halogens is 2. The molecule has 6 nitrogen and oxygen atoms in total. The molecule has 3 rings (SSSR count). The smallest absolute Gasteiger partial charge is 0.275 e. The van der Waals surface area contributed by atoms with Crippen molar-refractivity contribution in [1.82, 2.24) is 29.6 Å². The molecule has 0 aromatic carbocycles. The van der Waals surface area contributed by atoms with Crippen LogP contribution in [0.1, 0.15) is 12.7 Å². The summed E-state index contributed by atoms with van der Waals surface area (Å²) in [5, 5.41) is 15.3. The summed E-state index contributed by atoms with van der Waals surface area (Å²) < 4.78 is 29.4. The lowest BCUT2D eigenvalue weighted by Gasteiger charge is -2.07. The second kappa shape index (κ2) is 3.81. The largest absolute Gasteiger partial charge is 0.305 e. The fraction of sp³-hybridized carbons (Fsp3) is 0.273. The molecule has 3 aromatic heterocycles. The summed E-state index contributed by atoms with van der Waals surface area (Å²) in [7, 11) is 1.77. The van der Waals surface area contributed by atoms with Crippen LogP contribution in [0.2, 0.25) is 0 Å². The van der Waals surface area contributed by atoms with Gasteiger partial charge in [-0.15, -0.1) is 10.2 Å². The third-order valence-electron chi connectivity index (χ3n) is 2.66. The summed E-state index contributed by atoms with van der Waals surface area (Å²) in [6.45, 7) is 0.766. The molecule has 0 fully saturated rings. The highest BCUT2D eigenvalue weighted by molar-refractivity contribution is 5.58. The molecule has 98 valence electrons. The standard InChI is InChI=1S/C11H10F2N6/c1-11(12,13)10-16-15-9-4-3-8(17-19(9)10)7-5-14-18(2)6-7/h3-6H,1-2H3. The van der Waals surface area contributed by atoms with Crippen molar-refractivity contribution < 1.29 is 8.78 Å². The number of alkyl halides is 2. The number of aromatic nitrogens is 6. The average molecular weight is 264 g/mol. The van der Waals surface area contributed by atoms with Crippen molar-refractivity contribution in [1.29, 1.82) is 0 Å². The summed E-state index contributed by atoms with van der Waals surface area (Å²) in [5.41, 5.74) is 1.55. The minimum Gasteiger partial charge on any atom is -0.275 e. The van der Waals surface area contributed by atoms with Crippen molar-refractivity contribution in [3.63, 3.8) is 0 Å². The molecule has 0 N–H and O–H groups in total. The second-order valence-corrected chi connectivity index (χ2v) is 4.30. The van der Waals surface area contributed by atoms with Crippen molar-refractivity contribution in [2.45, 2.75) is 12.8 Å². The van der Waals surface area contributed by atoms with Gasteiger partial charge in [-0.2, -0.15) is 23.5 Å². The van der Waals surface area contributed by atoms with Crippen LogP contribution in [0.3, 0.4) is 0 Å². The van der Waals surface area contributed by atoms with Crippen LogP contribution in [0.15, 0.2) is 24.5 Å². The second-order valence-electron chi connectivity index (χ2n) is 4.30. The predicted molar refractivity (Wildman–Crippen MR) is 62.6 cm³/mol. The van der Waals surface area contributed by atoms with Crippen molar-refractivity contribution in [3.05, 3.63) is 30.4 Å². The molecular weight excluding hydrogens is 254 g/mol. The number of fused-ring (bicyclic) bond motifs is 1. The van der Waals surface area contributed by atoms with Crippen LogP contribution in [-0.4, -0.2) is 29.6 Å². The van der Waals surface area contributed by atoms with Crippen LogP contribution in [0, 0.1) is 0 Å². The van der Waals surface area contributed by atoms with E-state index in [9.17, 15) is 8.78 Å². The first-order valence-electron chi connectivity index (χ1n) is 5.55. The van der Waals surface area contributed by atoms with E-state index in [0.29, 0.717) is 5.69 Å². The summed E-state index contributed by atoms with van der Waals surface area (Å²) in [6.07, 6.45) is 3.37. The van der Waals surface area contributed by atoms with E-state index >= 15 is 0 Å². The molecule has 0 amide bonds. The SMILES string of the molecule is Cn1cc(-c2ccc3nnc(C(C)(F)F)n3n2)cn1. The Balaban J connectivity index is 2.19. The lowest BCUT2D eigenvalue weighted by molar-refractivity contribution is 0.00564. The van der Waals surface area contributed by atoms with Crippen LogP contribution < -0.4 is 0 Å². The summed E-state index contributed by atoms with van der Waals surface area (Å²) in [6, 6.07) is 3.29. The molecule has 3 heterocycles. The highest BCUT2D eigenvalue weighted by Gasteiger charge is 2.31. The summed E-state index contributed by atoms with van der Waals surface area (Å²) >= 11 is 0. The molecule has 0 saturated carbocycles. The van der Waals surface area contributed by atoms with Gasteiger partial charge in [0.2, 0.25) is 5.82 Å². The molecule has 0 aliphatic carbocycles. The van der Waals surface area contributed by atoms with Crippen molar-refractivity contribution >= 4 is 5.65 Å². The molecular formula is C11H10F2N6. The Kier molecular flexibility index (Phi) is 2.34. The number of nitrogens with zero attached hydrogens (tertiary/aromatic N) is 6. The molecule has 0 radical (unpaired) electrons. The predicted octanol–water partition coefficient (Wildman–Crippen LogP) is 1.64. The molecule has 19 heavy (non-hydrogen) atoms. The third kappa shape index (κ3) is 1.94. The lowest BCUT2D eigenvalue weighted by Crippen LogP contribution is -2.14. The van der Waals surface area contributed by atoms with E-state index < -0.39 is 11.7 Å².